The number of fused-ring (bicyclic) bond motifs is 2. The van der Waals surface area contributed by atoms with Crippen LogP contribution >= 0.6 is 0 Å². The van der Waals surface area contributed by atoms with Crippen LogP contribution in [0.5, 0.6) is 0 Å². The topological polar surface area (TPSA) is 108 Å². The van der Waals surface area contributed by atoms with Gasteiger partial charge in [-0.2, -0.15) is 5.10 Å². The van der Waals surface area contributed by atoms with Crippen LogP contribution in [0.2, 0.25) is 0 Å². The van der Waals surface area contributed by atoms with E-state index in [-0.39, 0.29) is 6.04 Å². The van der Waals surface area contributed by atoms with Crippen molar-refractivity contribution in [3.63, 3.8) is 0 Å². The van der Waals surface area contributed by atoms with Gasteiger partial charge in [0.1, 0.15) is 0 Å². The maximum atomic E-state index is 6.60. The zero-order chi connectivity index (χ0) is 18.4. The van der Waals surface area contributed by atoms with Crippen LogP contribution in [-0.4, -0.2) is 30.6 Å². The fraction of sp³-hybridized carbons (Fsp3) is 0.300. The number of pyridine rings is 2. The molecule has 7 nitrogen and oxygen atoms in total. The normalized spacial score (nSPS) is 23.1. The summed E-state index contributed by atoms with van der Waals surface area (Å²) in [6, 6.07) is 8.28. The molecule has 1 fully saturated rings. The van der Waals surface area contributed by atoms with Gasteiger partial charge in [0.2, 0.25) is 0 Å². The predicted octanol–water partition coefficient (Wildman–Crippen LogP) is 2.39. The third-order valence-electron chi connectivity index (χ3n) is 5.55. The molecule has 0 spiro atoms. The van der Waals surface area contributed by atoms with Crippen molar-refractivity contribution in [2.75, 3.05) is 0 Å². The van der Waals surface area contributed by atoms with Crippen molar-refractivity contribution in [2.24, 2.45) is 11.5 Å². The van der Waals surface area contributed by atoms with Gasteiger partial charge < -0.3 is 11.5 Å². The first-order valence-corrected chi connectivity index (χ1v) is 9.23. The Morgan fingerprint density at radius 2 is 1.93 bits per heavy atom. The van der Waals surface area contributed by atoms with Crippen LogP contribution in [0.1, 0.15) is 31.5 Å². The lowest BCUT2D eigenvalue weighted by molar-refractivity contribution is 0.262. The third kappa shape index (κ3) is 2.75. The van der Waals surface area contributed by atoms with Crippen molar-refractivity contribution >= 4 is 16.6 Å². The Morgan fingerprint density at radius 3 is 2.78 bits per heavy atom. The summed E-state index contributed by atoms with van der Waals surface area (Å²) in [7, 11) is 0. The average Bonchev–Trinajstić information content (AvgIpc) is 3.13. The third-order valence-corrected chi connectivity index (χ3v) is 5.55. The van der Waals surface area contributed by atoms with Gasteiger partial charge in [-0.05, 0) is 49.9 Å². The molecule has 0 amide bonds. The maximum absolute atomic E-state index is 6.60. The SMILES string of the molecule is NC1CCC(N)(c2ncc3c(-c4cnc5ncccc5c4)ccn3n2)CC1. The van der Waals surface area contributed by atoms with Gasteiger partial charge in [0.05, 0.1) is 17.3 Å². The molecule has 4 N–H and O–H groups in total. The minimum Gasteiger partial charge on any atom is -0.328 e. The van der Waals surface area contributed by atoms with E-state index in [4.69, 9.17) is 16.6 Å². The van der Waals surface area contributed by atoms with E-state index in [9.17, 15) is 0 Å². The van der Waals surface area contributed by atoms with E-state index in [1.54, 1.807) is 6.20 Å². The largest absolute Gasteiger partial charge is 0.328 e. The summed E-state index contributed by atoms with van der Waals surface area (Å²) >= 11 is 0. The highest BCUT2D eigenvalue weighted by molar-refractivity contribution is 5.86. The second kappa shape index (κ2) is 6.07. The van der Waals surface area contributed by atoms with Gasteiger partial charge >= 0.3 is 0 Å². The number of hydrogen-bond donors (Lipinski definition) is 2. The lowest BCUT2D eigenvalue weighted by Gasteiger charge is -2.34. The number of nitrogens with two attached hydrogens (primary N) is 2. The standard InChI is InChI=1S/C20H21N7/c21-15-3-6-20(22,7-4-15)19-25-12-17-16(5-9-27(17)26-19)14-10-13-2-1-8-23-18(13)24-11-14/h1-2,5,8-12,15H,3-4,6-7,21-22H2. The number of hydrogen-bond acceptors (Lipinski definition) is 6. The minimum atomic E-state index is -0.495. The van der Waals surface area contributed by atoms with Gasteiger partial charge in [0.15, 0.2) is 11.5 Å². The zero-order valence-electron chi connectivity index (χ0n) is 14.9. The van der Waals surface area contributed by atoms with Crippen LogP contribution < -0.4 is 11.5 Å². The van der Waals surface area contributed by atoms with Gasteiger partial charge in [-0.1, -0.05) is 0 Å². The van der Waals surface area contributed by atoms with Crippen molar-refractivity contribution in [3.05, 3.63) is 54.9 Å². The maximum Gasteiger partial charge on any atom is 0.169 e. The first-order chi connectivity index (χ1) is 13.1. The predicted molar refractivity (Wildman–Crippen MR) is 104 cm³/mol. The first kappa shape index (κ1) is 16.3. The molecule has 0 bridgehead atoms. The summed E-state index contributed by atoms with van der Waals surface area (Å²) in [4.78, 5) is 13.4. The van der Waals surface area contributed by atoms with E-state index >= 15 is 0 Å². The van der Waals surface area contributed by atoms with Crippen molar-refractivity contribution < 1.29 is 0 Å². The molecule has 0 atom stereocenters. The summed E-state index contributed by atoms with van der Waals surface area (Å²) in [5.74, 6) is 0.685. The Hall–Kier alpha value is -2.90. The first-order valence-electron chi connectivity index (χ1n) is 9.23. The number of nitrogens with zero attached hydrogens (tertiary/aromatic N) is 5. The van der Waals surface area contributed by atoms with Crippen LogP contribution in [0.25, 0.3) is 27.7 Å². The molecule has 5 rings (SSSR count). The van der Waals surface area contributed by atoms with E-state index < -0.39 is 5.54 Å². The molecule has 1 aliphatic rings. The molecule has 0 saturated heterocycles. The quantitative estimate of drug-likeness (QED) is 0.569. The molecule has 1 saturated carbocycles. The second-order valence-corrected chi connectivity index (χ2v) is 7.41. The Labute approximate surface area is 156 Å². The Kier molecular flexibility index (Phi) is 3.66. The fourth-order valence-electron chi connectivity index (χ4n) is 3.86. The molecule has 4 heterocycles. The van der Waals surface area contributed by atoms with E-state index in [2.05, 4.69) is 21.0 Å². The fourth-order valence-corrected chi connectivity index (χ4v) is 3.86. The highest BCUT2D eigenvalue weighted by Crippen LogP contribution is 2.33. The van der Waals surface area contributed by atoms with Crippen LogP contribution in [0.4, 0.5) is 0 Å². The molecule has 0 unspecified atom stereocenters. The monoisotopic (exact) mass is 359 g/mol. The Balaban J connectivity index is 1.55. The summed E-state index contributed by atoms with van der Waals surface area (Å²) in [6.07, 6.45) is 10.8. The molecule has 7 heteroatoms. The van der Waals surface area contributed by atoms with E-state index in [0.29, 0.717) is 5.82 Å². The van der Waals surface area contributed by atoms with Crippen molar-refractivity contribution in [1.82, 2.24) is 24.6 Å². The van der Waals surface area contributed by atoms with Gasteiger partial charge in [0.25, 0.3) is 0 Å². The molecule has 4 aromatic rings. The molecular weight excluding hydrogens is 338 g/mol. The van der Waals surface area contributed by atoms with E-state index in [1.165, 1.54) is 0 Å². The molecular formula is C20H21N7. The van der Waals surface area contributed by atoms with Crippen LogP contribution in [0, 0.1) is 0 Å². The Bertz CT molecular complexity index is 1130. The van der Waals surface area contributed by atoms with Gasteiger partial charge in [-0.15, -0.1) is 0 Å². The molecule has 0 radical (unpaired) electrons. The molecule has 0 aliphatic heterocycles. The Morgan fingerprint density at radius 1 is 1.07 bits per heavy atom. The summed E-state index contributed by atoms with van der Waals surface area (Å²) in [5.41, 5.74) is 15.9. The highest BCUT2D eigenvalue weighted by atomic mass is 15.3. The summed E-state index contributed by atoms with van der Waals surface area (Å²) in [5, 5.41) is 5.72. The molecule has 136 valence electrons. The van der Waals surface area contributed by atoms with Gasteiger partial charge in [-0.25, -0.2) is 19.5 Å². The summed E-state index contributed by atoms with van der Waals surface area (Å²) in [6.45, 7) is 0. The highest BCUT2D eigenvalue weighted by Gasteiger charge is 2.35. The van der Waals surface area contributed by atoms with Crippen LogP contribution in [-0.2, 0) is 5.54 Å². The second-order valence-electron chi connectivity index (χ2n) is 7.41. The van der Waals surface area contributed by atoms with Crippen molar-refractivity contribution in [3.8, 4) is 11.1 Å². The average molecular weight is 359 g/mol. The van der Waals surface area contributed by atoms with Gasteiger partial charge in [-0.3, -0.25) is 0 Å². The molecule has 0 aromatic carbocycles. The molecule has 1 aliphatic carbocycles. The van der Waals surface area contributed by atoms with Crippen molar-refractivity contribution in [2.45, 2.75) is 37.3 Å². The van der Waals surface area contributed by atoms with Crippen molar-refractivity contribution in [1.29, 1.82) is 0 Å². The molecule has 4 aromatic heterocycles. The van der Waals surface area contributed by atoms with E-state index in [1.807, 2.05) is 41.3 Å². The lowest BCUT2D eigenvalue weighted by atomic mass is 9.80. The zero-order valence-corrected chi connectivity index (χ0v) is 14.9. The van der Waals surface area contributed by atoms with Gasteiger partial charge in [0, 0.05) is 41.1 Å². The number of rotatable bonds is 2. The molecule has 27 heavy (non-hydrogen) atoms. The van der Waals surface area contributed by atoms with Crippen LogP contribution in [0.15, 0.2) is 49.1 Å². The minimum absolute atomic E-state index is 0.235. The number of aromatic nitrogens is 5. The lowest BCUT2D eigenvalue weighted by Crippen LogP contribution is -2.45. The van der Waals surface area contributed by atoms with E-state index in [0.717, 1.165) is 53.4 Å². The summed E-state index contributed by atoms with van der Waals surface area (Å²) < 4.78 is 1.86. The van der Waals surface area contributed by atoms with Crippen LogP contribution in [0.3, 0.4) is 0 Å². The smallest absolute Gasteiger partial charge is 0.169 e.